The standard InChI is InChI=1S/C8H13ClO2/c1-8(4-2-3-5-8)11-7(10)6-9/h2-6H2,1H3. The van der Waals surface area contributed by atoms with Crippen LogP contribution in [0.4, 0.5) is 0 Å². The van der Waals surface area contributed by atoms with Gasteiger partial charge in [-0.25, -0.2) is 0 Å². The van der Waals surface area contributed by atoms with Crippen LogP contribution in [0.5, 0.6) is 0 Å². The molecule has 1 fully saturated rings. The Morgan fingerprint density at radius 3 is 2.55 bits per heavy atom. The highest BCUT2D eigenvalue weighted by Gasteiger charge is 2.31. The van der Waals surface area contributed by atoms with Gasteiger partial charge in [-0.3, -0.25) is 4.79 Å². The van der Waals surface area contributed by atoms with Gasteiger partial charge in [0.1, 0.15) is 11.5 Å². The first kappa shape index (κ1) is 8.85. The molecule has 1 aliphatic carbocycles. The number of alkyl halides is 1. The molecule has 1 aliphatic rings. The van der Waals surface area contributed by atoms with E-state index in [1.165, 1.54) is 0 Å². The monoisotopic (exact) mass is 176 g/mol. The summed E-state index contributed by atoms with van der Waals surface area (Å²) in [7, 11) is 0. The second-order valence-electron chi connectivity index (χ2n) is 3.26. The number of hydrogen-bond acceptors (Lipinski definition) is 2. The topological polar surface area (TPSA) is 26.3 Å². The highest BCUT2D eigenvalue weighted by atomic mass is 35.5. The van der Waals surface area contributed by atoms with Crippen molar-refractivity contribution < 1.29 is 9.53 Å². The van der Waals surface area contributed by atoms with Crippen molar-refractivity contribution in [1.82, 2.24) is 0 Å². The number of halogens is 1. The summed E-state index contributed by atoms with van der Waals surface area (Å²) in [6, 6.07) is 0. The Balaban J connectivity index is 2.39. The lowest BCUT2D eigenvalue weighted by atomic mass is 10.1. The van der Waals surface area contributed by atoms with Crippen LogP contribution < -0.4 is 0 Å². The molecule has 0 aliphatic heterocycles. The van der Waals surface area contributed by atoms with E-state index in [-0.39, 0.29) is 17.5 Å². The van der Waals surface area contributed by atoms with Gasteiger partial charge in [0.2, 0.25) is 0 Å². The Hall–Kier alpha value is -0.240. The Kier molecular flexibility index (Phi) is 2.77. The Labute approximate surface area is 71.9 Å². The van der Waals surface area contributed by atoms with Crippen LogP contribution in [0.1, 0.15) is 32.6 Å². The normalized spacial score (nSPS) is 21.6. The van der Waals surface area contributed by atoms with E-state index in [1.54, 1.807) is 0 Å². The first-order valence-corrected chi connectivity index (χ1v) is 4.47. The van der Waals surface area contributed by atoms with Gasteiger partial charge in [-0.1, -0.05) is 0 Å². The molecule has 0 radical (unpaired) electrons. The largest absolute Gasteiger partial charge is 0.458 e. The van der Waals surface area contributed by atoms with Crippen molar-refractivity contribution in [3.63, 3.8) is 0 Å². The third-order valence-electron chi connectivity index (χ3n) is 2.13. The van der Waals surface area contributed by atoms with Gasteiger partial charge in [0.05, 0.1) is 0 Å². The predicted octanol–water partition coefficient (Wildman–Crippen LogP) is 2.10. The molecule has 0 aromatic heterocycles. The summed E-state index contributed by atoms with van der Waals surface area (Å²) in [5.74, 6) is -0.327. The van der Waals surface area contributed by atoms with E-state index in [2.05, 4.69) is 0 Å². The fraction of sp³-hybridized carbons (Fsp3) is 0.875. The van der Waals surface area contributed by atoms with Crippen LogP contribution in [0.15, 0.2) is 0 Å². The average molecular weight is 177 g/mol. The van der Waals surface area contributed by atoms with E-state index >= 15 is 0 Å². The fourth-order valence-electron chi connectivity index (χ4n) is 1.53. The molecule has 3 heteroatoms. The average Bonchev–Trinajstić information content (AvgIpc) is 2.36. The molecule has 1 saturated carbocycles. The number of ether oxygens (including phenoxy) is 1. The van der Waals surface area contributed by atoms with E-state index in [1.807, 2.05) is 6.92 Å². The molecular formula is C8H13ClO2. The maximum atomic E-state index is 10.8. The van der Waals surface area contributed by atoms with Crippen molar-refractivity contribution in [3.8, 4) is 0 Å². The Morgan fingerprint density at radius 2 is 2.09 bits per heavy atom. The van der Waals surface area contributed by atoms with E-state index in [0.717, 1.165) is 25.7 Å². The molecule has 0 unspecified atom stereocenters. The second-order valence-corrected chi connectivity index (χ2v) is 3.53. The molecule has 0 aromatic carbocycles. The van der Waals surface area contributed by atoms with Gasteiger partial charge >= 0.3 is 5.97 Å². The zero-order valence-electron chi connectivity index (χ0n) is 6.73. The molecule has 0 amide bonds. The Bertz CT molecular complexity index is 150. The number of esters is 1. The van der Waals surface area contributed by atoms with Crippen molar-refractivity contribution in [2.24, 2.45) is 0 Å². The highest BCUT2D eigenvalue weighted by Crippen LogP contribution is 2.32. The van der Waals surface area contributed by atoms with Crippen LogP contribution in [-0.4, -0.2) is 17.5 Å². The Morgan fingerprint density at radius 1 is 1.55 bits per heavy atom. The SMILES string of the molecule is CC1(OC(=O)CCl)CCCC1. The summed E-state index contributed by atoms with van der Waals surface area (Å²) in [4.78, 5) is 10.8. The summed E-state index contributed by atoms with van der Waals surface area (Å²) >= 11 is 5.32. The molecular weight excluding hydrogens is 164 g/mol. The summed E-state index contributed by atoms with van der Waals surface area (Å²) in [5.41, 5.74) is -0.216. The minimum Gasteiger partial charge on any atom is -0.458 e. The summed E-state index contributed by atoms with van der Waals surface area (Å²) in [6.07, 6.45) is 4.28. The molecule has 0 aromatic rings. The lowest BCUT2D eigenvalue weighted by Crippen LogP contribution is -2.28. The van der Waals surface area contributed by atoms with Gasteiger partial charge in [-0.15, -0.1) is 11.6 Å². The van der Waals surface area contributed by atoms with Crippen LogP contribution >= 0.6 is 11.6 Å². The smallest absolute Gasteiger partial charge is 0.321 e. The molecule has 2 nitrogen and oxygen atoms in total. The van der Waals surface area contributed by atoms with E-state index < -0.39 is 0 Å². The summed E-state index contributed by atoms with van der Waals surface area (Å²) in [5, 5.41) is 0. The molecule has 0 atom stereocenters. The van der Waals surface area contributed by atoms with Gasteiger partial charge in [-0.2, -0.15) is 0 Å². The zero-order valence-corrected chi connectivity index (χ0v) is 7.49. The zero-order chi connectivity index (χ0) is 8.32. The molecule has 0 spiro atoms. The van der Waals surface area contributed by atoms with Crippen LogP contribution in [0.25, 0.3) is 0 Å². The van der Waals surface area contributed by atoms with Crippen molar-refractivity contribution in [3.05, 3.63) is 0 Å². The van der Waals surface area contributed by atoms with E-state index in [9.17, 15) is 4.79 Å². The van der Waals surface area contributed by atoms with Crippen molar-refractivity contribution in [2.45, 2.75) is 38.2 Å². The molecule has 0 heterocycles. The predicted molar refractivity (Wildman–Crippen MR) is 43.7 cm³/mol. The van der Waals surface area contributed by atoms with Gasteiger partial charge in [0.25, 0.3) is 0 Å². The van der Waals surface area contributed by atoms with E-state index in [0.29, 0.717) is 0 Å². The third kappa shape index (κ3) is 2.37. The van der Waals surface area contributed by atoms with Crippen LogP contribution in [0.3, 0.4) is 0 Å². The minimum absolute atomic E-state index is 0.0322. The van der Waals surface area contributed by atoms with Gasteiger partial charge in [0.15, 0.2) is 0 Å². The van der Waals surface area contributed by atoms with Crippen LogP contribution in [-0.2, 0) is 9.53 Å². The second kappa shape index (κ2) is 3.44. The molecule has 0 bridgehead atoms. The van der Waals surface area contributed by atoms with Crippen molar-refractivity contribution in [2.75, 3.05) is 5.88 Å². The number of carbonyl (C=O) groups excluding carboxylic acids is 1. The van der Waals surface area contributed by atoms with Gasteiger partial charge < -0.3 is 4.74 Å². The molecule has 64 valence electrons. The van der Waals surface area contributed by atoms with Gasteiger partial charge in [-0.05, 0) is 32.6 Å². The van der Waals surface area contributed by atoms with Crippen LogP contribution in [0.2, 0.25) is 0 Å². The molecule has 11 heavy (non-hydrogen) atoms. The number of carbonyl (C=O) groups is 1. The van der Waals surface area contributed by atoms with Crippen molar-refractivity contribution in [1.29, 1.82) is 0 Å². The van der Waals surface area contributed by atoms with Crippen molar-refractivity contribution >= 4 is 17.6 Å². The highest BCUT2D eigenvalue weighted by molar-refractivity contribution is 6.26. The minimum atomic E-state index is -0.295. The van der Waals surface area contributed by atoms with E-state index in [4.69, 9.17) is 16.3 Å². The first-order valence-electron chi connectivity index (χ1n) is 3.94. The summed E-state index contributed by atoms with van der Waals surface area (Å²) in [6.45, 7) is 1.98. The lowest BCUT2D eigenvalue weighted by molar-refractivity contribution is -0.154. The van der Waals surface area contributed by atoms with Gasteiger partial charge in [0, 0.05) is 0 Å². The molecule has 1 rings (SSSR count). The summed E-state index contributed by atoms with van der Waals surface area (Å²) < 4.78 is 5.18. The number of rotatable bonds is 2. The fourth-order valence-corrected chi connectivity index (χ4v) is 1.58. The first-order chi connectivity index (χ1) is 5.16. The lowest BCUT2D eigenvalue weighted by Gasteiger charge is -2.23. The maximum Gasteiger partial charge on any atom is 0.321 e. The third-order valence-corrected chi connectivity index (χ3v) is 2.35. The molecule has 0 N–H and O–H groups in total. The quantitative estimate of drug-likeness (QED) is 0.476. The number of hydrogen-bond donors (Lipinski definition) is 0. The maximum absolute atomic E-state index is 10.8. The molecule has 0 saturated heterocycles. The van der Waals surface area contributed by atoms with Crippen LogP contribution in [0, 0.1) is 0 Å².